The number of amidine groups is 1. The third-order valence-electron chi connectivity index (χ3n) is 6.26. The van der Waals surface area contributed by atoms with Gasteiger partial charge in [0.15, 0.2) is 0 Å². The minimum absolute atomic E-state index is 0.0760. The van der Waals surface area contributed by atoms with Gasteiger partial charge in [-0.3, -0.25) is 19.1 Å². The first-order valence-corrected chi connectivity index (χ1v) is 11.6. The third-order valence-corrected chi connectivity index (χ3v) is 6.26. The summed E-state index contributed by atoms with van der Waals surface area (Å²) in [6.07, 6.45) is 1.75. The van der Waals surface area contributed by atoms with E-state index in [1.807, 2.05) is 67.6 Å². The molecule has 0 saturated heterocycles. The monoisotopic (exact) mass is 477 g/mol. The molecule has 7 heteroatoms. The maximum atomic E-state index is 14.2. The number of rotatable bonds is 5. The molecular formula is C29H27N5O2. The van der Waals surface area contributed by atoms with Crippen molar-refractivity contribution in [2.75, 3.05) is 0 Å². The largest absolute Gasteiger partial charge is 0.318 e. The lowest BCUT2D eigenvalue weighted by atomic mass is 9.98. The number of hydrogen-bond donors (Lipinski definition) is 0. The molecule has 0 fully saturated rings. The number of hydrogen-bond acceptors (Lipinski definition) is 4. The second kappa shape index (κ2) is 9.96. The molecule has 4 aromatic rings. The van der Waals surface area contributed by atoms with Gasteiger partial charge in [-0.05, 0) is 68.3 Å². The second-order valence-corrected chi connectivity index (χ2v) is 8.82. The average molecular weight is 478 g/mol. The zero-order chi connectivity index (χ0) is 26.0. The molecule has 2 aromatic carbocycles. The Balaban J connectivity index is 2.07. The fourth-order valence-corrected chi connectivity index (χ4v) is 4.41. The summed E-state index contributed by atoms with van der Waals surface area (Å²) >= 11 is 0. The molecule has 4 rings (SSSR count). The van der Waals surface area contributed by atoms with Gasteiger partial charge >= 0.3 is 0 Å². The Bertz CT molecular complexity index is 1630. The smallest absolute Gasteiger partial charge is 0.263 e. The van der Waals surface area contributed by atoms with Crippen molar-refractivity contribution in [1.29, 1.82) is 5.26 Å². The van der Waals surface area contributed by atoms with Crippen LogP contribution in [0.1, 0.15) is 31.1 Å². The summed E-state index contributed by atoms with van der Waals surface area (Å²) in [7, 11) is 1.71. The Morgan fingerprint density at radius 2 is 1.75 bits per heavy atom. The van der Waals surface area contributed by atoms with Crippen molar-refractivity contribution < 1.29 is 0 Å². The van der Waals surface area contributed by atoms with E-state index < -0.39 is 12.0 Å². The molecule has 0 bridgehead atoms. The summed E-state index contributed by atoms with van der Waals surface area (Å²) in [6, 6.07) is 20.5. The minimum atomic E-state index is -0.526. The molecule has 2 atom stereocenters. The van der Waals surface area contributed by atoms with Crippen molar-refractivity contribution in [2.24, 2.45) is 23.0 Å². The second-order valence-electron chi connectivity index (χ2n) is 8.82. The molecule has 0 aliphatic heterocycles. The number of pyridine rings is 2. The van der Waals surface area contributed by atoms with Crippen molar-refractivity contribution in [1.82, 2.24) is 9.13 Å². The minimum Gasteiger partial charge on any atom is -0.318 e. The summed E-state index contributed by atoms with van der Waals surface area (Å²) in [5.74, 6) is -0.201. The van der Waals surface area contributed by atoms with Crippen LogP contribution in [0.5, 0.6) is 0 Å². The maximum absolute atomic E-state index is 14.2. The first-order valence-electron chi connectivity index (χ1n) is 11.6. The molecule has 2 aromatic heterocycles. The van der Waals surface area contributed by atoms with E-state index in [0.717, 1.165) is 16.5 Å². The van der Waals surface area contributed by atoms with Crippen molar-refractivity contribution in [3.05, 3.63) is 98.8 Å². The van der Waals surface area contributed by atoms with Crippen LogP contribution in [0.15, 0.2) is 86.4 Å². The highest BCUT2D eigenvalue weighted by Gasteiger charge is 2.20. The molecule has 2 heterocycles. The summed E-state index contributed by atoms with van der Waals surface area (Å²) in [5.41, 5.74) is 3.23. The fourth-order valence-electron chi connectivity index (χ4n) is 4.41. The molecule has 0 N–H and O–H groups in total. The summed E-state index contributed by atoms with van der Waals surface area (Å²) in [6.45, 7) is 8.92. The quantitative estimate of drug-likeness (QED) is 0.300. The molecule has 0 spiro atoms. The van der Waals surface area contributed by atoms with Crippen LogP contribution in [0.2, 0.25) is 0 Å². The average Bonchev–Trinajstić information content (AvgIpc) is 2.89. The van der Waals surface area contributed by atoms with E-state index in [1.165, 1.54) is 4.57 Å². The van der Waals surface area contributed by atoms with Gasteiger partial charge in [-0.1, -0.05) is 36.4 Å². The van der Waals surface area contributed by atoms with E-state index in [2.05, 4.69) is 22.8 Å². The number of nitrogens with zero attached hydrogens (tertiary/aromatic N) is 5. The summed E-state index contributed by atoms with van der Waals surface area (Å²) < 4.78 is 3.19. The molecule has 2 unspecified atom stereocenters. The third kappa shape index (κ3) is 4.41. The van der Waals surface area contributed by atoms with Gasteiger partial charge in [0.05, 0.1) is 23.2 Å². The predicted octanol–water partition coefficient (Wildman–Crippen LogP) is 4.98. The van der Waals surface area contributed by atoms with E-state index in [-0.39, 0.29) is 11.1 Å². The number of aryl methyl sites for hydroxylation is 2. The Kier molecular flexibility index (Phi) is 6.80. The van der Waals surface area contributed by atoms with Crippen molar-refractivity contribution in [3.63, 3.8) is 0 Å². The van der Waals surface area contributed by atoms with Crippen LogP contribution in [0.25, 0.3) is 27.6 Å². The predicted molar refractivity (Wildman–Crippen MR) is 145 cm³/mol. The van der Waals surface area contributed by atoms with E-state index in [4.69, 9.17) is 0 Å². The van der Waals surface area contributed by atoms with Crippen LogP contribution in [-0.4, -0.2) is 21.7 Å². The molecule has 0 radical (unpaired) electrons. The van der Waals surface area contributed by atoms with Gasteiger partial charge in [0.2, 0.25) is 0 Å². The number of fused-ring (bicyclic) bond motifs is 1. The first-order chi connectivity index (χ1) is 17.3. The number of benzene rings is 2. The lowest BCUT2D eigenvalue weighted by Crippen LogP contribution is -2.24. The van der Waals surface area contributed by atoms with Gasteiger partial charge in [-0.25, -0.2) is 4.99 Å². The normalized spacial score (nSPS) is 13.2. The van der Waals surface area contributed by atoms with Gasteiger partial charge in [0.1, 0.15) is 11.8 Å². The molecule has 180 valence electrons. The van der Waals surface area contributed by atoms with Gasteiger partial charge in [0.25, 0.3) is 11.1 Å². The van der Waals surface area contributed by atoms with Crippen LogP contribution in [0.4, 0.5) is 0 Å². The molecule has 7 nitrogen and oxygen atoms in total. The summed E-state index contributed by atoms with van der Waals surface area (Å²) in [5, 5.41) is 10.6. The van der Waals surface area contributed by atoms with Gasteiger partial charge < -0.3 is 4.57 Å². The lowest BCUT2D eigenvalue weighted by Gasteiger charge is -2.19. The molecular weight excluding hydrogens is 450 g/mol. The maximum Gasteiger partial charge on any atom is 0.263 e. The highest BCUT2D eigenvalue weighted by Crippen LogP contribution is 2.30. The van der Waals surface area contributed by atoms with Crippen LogP contribution in [-0.2, 0) is 7.05 Å². The van der Waals surface area contributed by atoms with Crippen molar-refractivity contribution >= 4 is 23.3 Å². The lowest BCUT2D eigenvalue weighted by molar-refractivity contribution is 0.728. The Morgan fingerprint density at radius 3 is 2.39 bits per heavy atom. The molecule has 0 saturated carbocycles. The zero-order valence-corrected chi connectivity index (χ0v) is 20.8. The first kappa shape index (κ1) is 24.6. The molecule has 0 aliphatic rings. The van der Waals surface area contributed by atoms with E-state index in [9.17, 15) is 14.9 Å². The Hall–Kier alpha value is -4.57. The highest BCUT2D eigenvalue weighted by molar-refractivity contribution is 5.96. The van der Waals surface area contributed by atoms with Gasteiger partial charge in [0, 0.05) is 24.5 Å². The van der Waals surface area contributed by atoms with Crippen molar-refractivity contribution in [2.45, 2.75) is 26.8 Å². The zero-order valence-electron chi connectivity index (χ0n) is 20.8. The van der Waals surface area contributed by atoms with Crippen molar-refractivity contribution in [3.8, 4) is 22.9 Å². The molecule has 36 heavy (non-hydrogen) atoms. The van der Waals surface area contributed by atoms with Gasteiger partial charge in [-0.2, -0.15) is 5.26 Å². The fraction of sp³-hybridized carbons (Fsp3) is 0.207. The number of para-hydroxylation sites is 1. The van der Waals surface area contributed by atoms with Crippen LogP contribution >= 0.6 is 0 Å². The molecule has 0 aliphatic carbocycles. The Labute approximate surface area is 209 Å². The SMILES string of the molecule is C=NC(=NC(C)c1cc2cccc(-c3cc(C)c(=O)n(C)c3)c2c(=O)n1-c1ccccc1)C(C)C#N. The van der Waals surface area contributed by atoms with Crippen LogP contribution < -0.4 is 11.1 Å². The summed E-state index contributed by atoms with van der Waals surface area (Å²) in [4.78, 5) is 35.1. The number of nitriles is 1. The van der Waals surface area contributed by atoms with E-state index >= 15 is 0 Å². The number of aromatic nitrogens is 2. The van der Waals surface area contributed by atoms with Gasteiger partial charge in [-0.15, -0.1) is 0 Å². The number of aliphatic imine (C=N–C) groups is 2. The topological polar surface area (TPSA) is 92.5 Å². The molecule has 0 amide bonds. The van der Waals surface area contributed by atoms with Crippen LogP contribution in [0, 0.1) is 24.2 Å². The highest BCUT2D eigenvalue weighted by atomic mass is 16.1. The van der Waals surface area contributed by atoms with Crippen LogP contribution in [0.3, 0.4) is 0 Å². The van der Waals surface area contributed by atoms with E-state index in [0.29, 0.717) is 28.2 Å². The van der Waals surface area contributed by atoms with E-state index in [1.54, 1.807) is 31.7 Å². The Morgan fingerprint density at radius 1 is 1.03 bits per heavy atom. The standard InChI is InChI=1S/C29H27N5O2/c1-18-14-22(17-33(5)28(18)35)24-13-9-10-21-15-25(20(3)32-27(31-4)19(2)16-30)34(29(36)26(21)24)23-11-7-6-8-12-23/h6-15,17,19-20H,4H2,1-3,5H3.